The van der Waals surface area contributed by atoms with Gasteiger partial charge in [-0.15, -0.1) is 0 Å². The van der Waals surface area contributed by atoms with E-state index >= 15 is 0 Å². The second-order valence-corrected chi connectivity index (χ2v) is 7.08. The number of benzene rings is 1. The molecule has 7 heteroatoms. The first-order valence-electron chi connectivity index (χ1n) is 7.98. The third kappa shape index (κ3) is 3.48. The highest BCUT2D eigenvalue weighted by atomic mass is 35.5. The largest absolute Gasteiger partial charge is 0.484 e. The molecule has 2 heterocycles. The zero-order valence-electron chi connectivity index (χ0n) is 13.6. The van der Waals surface area contributed by atoms with Gasteiger partial charge in [-0.1, -0.05) is 11.6 Å². The highest BCUT2D eigenvalue weighted by molar-refractivity contribution is 6.30. The van der Waals surface area contributed by atoms with E-state index in [1.807, 2.05) is 7.05 Å². The summed E-state index contributed by atoms with van der Waals surface area (Å²) in [5.41, 5.74) is 0.0218. The molecule has 2 saturated heterocycles. The Labute approximate surface area is 145 Å². The van der Waals surface area contributed by atoms with Gasteiger partial charge < -0.3 is 14.5 Å². The van der Waals surface area contributed by atoms with E-state index in [1.165, 1.54) is 18.2 Å². The van der Waals surface area contributed by atoms with Gasteiger partial charge in [-0.25, -0.2) is 4.39 Å². The number of amides is 2. The summed E-state index contributed by atoms with van der Waals surface area (Å²) in [6, 6.07) is 4.01. The first kappa shape index (κ1) is 17.0. The van der Waals surface area contributed by atoms with Crippen LogP contribution in [0.2, 0.25) is 5.02 Å². The van der Waals surface area contributed by atoms with Crippen LogP contribution >= 0.6 is 11.6 Å². The number of ether oxygens (including phenoxy) is 1. The van der Waals surface area contributed by atoms with Crippen LogP contribution in [0.5, 0.6) is 5.75 Å². The van der Waals surface area contributed by atoms with Crippen molar-refractivity contribution >= 4 is 23.4 Å². The number of piperidine rings is 1. The second-order valence-electron chi connectivity index (χ2n) is 6.67. The number of halogens is 2. The van der Waals surface area contributed by atoms with Crippen LogP contribution in [0.3, 0.4) is 0 Å². The first-order chi connectivity index (χ1) is 11.4. The van der Waals surface area contributed by atoms with Gasteiger partial charge in [0.1, 0.15) is 11.6 Å². The lowest BCUT2D eigenvalue weighted by Crippen LogP contribution is -2.45. The van der Waals surface area contributed by atoms with Crippen LogP contribution in [0.15, 0.2) is 18.2 Å². The molecule has 2 aliphatic rings. The average molecular weight is 355 g/mol. The monoisotopic (exact) mass is 354 g/mol. The lowest BCUT2D eigenvalue weighted by Gasteiger charge is -2.38. The smallest absolute Gasteiger partial charge is 0.260 e. The first-order valence-corrected chi connectivity index (χ1v) is 8.36. The molecule has 2 aliphatic heterocycles. The lowest BCUT2D eigenvalue weighted by atomic mass is 9.77. The van der Waals surface area contributed by atoms with Gasteiger partial charge in [0.05, 0.1) is 5.02 Å². The quantitative estimate of drug-likeness (QED) is 0.837. The SMILES string of the molecule is CN1CC2(CCN(C(=O)COc3ccc(F)c(Cl)c3)CC2)CC1=O. The maximum absolute atomic E-state index is 13.1. The predicted molar refractivity (Wildman–Crippen MR) is 87.4 cm³/mol. The molecule has 0 bridgehead atoms. The minimum absolute atomic E-state index is 0.0218. The van der Waals surface area contributed by atoms with E-state index in [0.717, 1.165) is 19.4 Å². The number of carbonyl (C=O) groups excluding carboxylic acids is 2. The Morgan fingerprint density at radius 1 is 1.38 bits per heavy atom. The summed E-state index contributed by atoms with van der Waals surface area (Å²) in [7, 11) is 1.83. The van der Waals surface area contributed by atoms with Gasteiger partial charge in [0.2, 0.25) is 5.91 Å². The van der Waals surface area contributed by atoms with Gasteiger partial charge in [-0.05, 0) is 25.0 Å². The summed E-state index contributed by atoms with van der Waals surface area (Å²) < 4.78 is 18.5. The molecule has 0 atom stereocenters. The third-order valence-electron chi connectivity index (χ3n) is 4.95. The minimum Gasteiger partial charge on any atom is -0.484 e. The molecule has 5 nitrogen and oxygen atoms in total. The van der Waals surface area contributed by atoms with Crippen LogP contribution in [0, 0.1) is 11.2 Å². The third-order valence-corrected chi connectivity index (χ3v) is 5.24. The Kier molecular flexibility index (Phi) is 4.67. The predicted octanol–water partition coefficient (Wildman–Crippen LogP) is 2.33. The van der Waals surface area contributed by atoms with Crippen LogP contribution in [0.25, 0.3) is 0 Å². The van der Waals surface area contributed by atoms with Crippen LogP contribution in [-0.4, -0.2) is 54.9 Å². The fourth-order valence-corrected chi connectivity index (χ4v) is 3.64. The van der Waals surface area contributed by atoms with Gasteiger partial charge in [0, 0.05) is 44.6 Å². The number of carbonyl (C=O) groups is 2. The van der Waals surface area contributed by atoms with Crippen LogP contribution in [0.4, 0.5) is 4.39 Å². The molecule has 130 valence electrons. The Morgan fingerprint density at radius 3 is 2.67 bits per heavy atom. The molecular weight excluding hydrogens is 335 g/mol. The van der Waals surface area contributed by atoms with Crippen molar-refractivity contribution in [3.05, 3.63) is 29.0 Å². The van der Waals surface area contributed by atoms with Crippen molar-refractivity contribution in [1.82, 2.24) is 9.80 Å². The topological polar surface area (TPSA) is 49.9 Å². The van der Waals surface area contributed by atoms with Gasteiger partial charge in [-0.2, -0.15) is 0 Å². The van der Waals surface area contributed by atoms with Crippen molar-refractivity contribution in [3.63, 3.8) is 0 Å². The van der Waals surface area contributed by atoms with E-state index in [9.17, 15) is 14.0 Å². The normalized spacial score (nSPS) is 19.9. The molecular formula is C17H20ClFN2O3. The molecule has 24 heavy (non-hydrogen) atoms. The summed E-state index contributed by atoms with van der Waals surface area (Å²) >= 11 is 5.69. The Bertz CT molecular complexity index is 659. The number of hydrogen-bond donors (Lipinski definition) is 0. The Morgan fingerprint density at radius 2 is 2.08 bits per heavy atom. The zero-order chi connectivity index (χ0) is 17.3. The van der Waals surface area contributed by atoms with E-state index in [4.69, 9.17) is 16.3 Å². The summed E-state index contributed by atoms with van der Waals surface area (Å²) in [6.45, 7) is 1.94. The fraction of sp³-hybridized carbons (Fsp3) is 0.529. The van der Waals surface area contributed by atoms with Crippen LogP contribution in [0.1, 0.15) is 19.3 Å². The molecule has 0 radical (unpaired) electrons. The molecule has 1 spiro atoms. The van der Waals surface area contributed by atoms with E-state index < -0.39 is 5.82 Å². The van der Waals surface area contributed by atoms with Crippen molar-refractivity contribution in [1.29, 1.82) is 0 Å². The standard InChI is InChI=1S/C17H20ClFN2O3/c1-20-11-17(9-15(20)22)4-6-21(7-5-17)16(23)10-24-12-2-3-14(19)13(18)8-12/h2-3,8H,4-7,9-11H2,1H3. The molecule has 0 N–H and O–H groups in total. The zero-order valence-corrected chi connectivity index (χ0v) is 14.3. The lowest BCUT2D eigenvalue weighted by molar-refractivity contribution is -0.135. The number of hydrogen-bond acceptors (Lipinski definition) is 3. The van der Waals surface area contributed by atoms with Crippen molar-refractivity contribution < 1.29 is 18.7 Å². The molecule has 3 rings (SSSR count). The Hall–Kier alpha value is -1.82. The van der Waals surface area contributed by atoms with E-state index in [1.54, 1.807) is 9.80 Å². The van der Waals surface area contributed by atoms with Crippen LogP contribution in [-0.2, 0) is 9.59 Å². The van der Waals surface area contributed by atoms with E-state index in [-0.39, 0.29) is 28.9 Å². The second kappa shape index (κ2) is 6.59. The summed E-state index contributed by atoms with van der Waals surface area (Å²) in [4.78, 5) is 27.6. The van der Waals surface area contributed by atoms with Gasteiger partial charge in [0.25, 0.3) is 5.91 Å². The summed E-state index contributed by atoms with van der Waals surface area (Å²) in [6.07, 6.45) is 2.24. The molecule has 0 saturated carbocycles. The molecule has 2 fully saturated rings. The Balaban J connectivity index is 1.50. The van der Waals surface area contributed by atoms with Crippen molar-refractivity contribution in [2.75, 3.05) is 33.3 Å². The van der Waals surface area contributed by atoms with E-state index in [0.29, 0.717) is 25.3 Å². The number of rotatable bonds is 3. The molecule has 2 amide bonds. The molecule has 1 aromatic rings. The summed E-state index contributed by atoms with van der Waals surface area (Å²) in [5, 5.41) is -0.0325. The van der Waals surface area contributed by atoms with Crippen molar-refractivity contribution in [2.45, 2.75) is 19.3 Å². The van der Waals surface area contributed by atoms with Gasteiger partial charge in [-0.3, -0.25) is 9.59 Å². The van der Waals surface area contributed by atoms with Gasteiger partial charge in [0.15, 0.2) is 6.61 Å². The minimum atomic E-state index is -0.521. The van der Waals surface area contributed by atoms with Gasteiger partial charge >= 0.3 is 0 Å². The average Bonchev–Trinajstić information content (AvgIpc) is 2.83. The highest BCUT2D eigenvalue weighted by Gasteiger charge is 2.44. The molecule has 0 aromatic heterocycles. The summed E-state index contributed by atoms with van der Waals surface area (Å²) in [5.74, 6) is -0.0757. The fourth-order valence-electron chi connectivity index (χ4n) is 3.47. The van der Waals surface area contributed by atoms with Crippen molar-refractivity contribution in [3.8, 4) is 5.75 Å². The van der Waals surface area contributed by atoms with E-state index in [2.05, 4.69) is 0 Å². The number of likely N-dealkylation sites (tertiary alicyclic amines) is 2. The highest BCUT2D eigenvalue weighted by Crippen LogP contribution is 2.40. The number of nitrogens with zero attached hydrogens (tertiary/aromatic N) is 2. The molecule has 0 unspecified atom stereocenters. The molecule has 1 aromatic carbocycles. The van der Waals surface area contributed by atoms with Crippen molar-refractivity contribution in [2.24, 2.45) is 5.41 Å². The molecule has 0 aliphatic carbocycles. The maximum atomic E-state index is 13.1. The maximum Gasteiger partial charge on any atom is 0.260 e. The van der Waals surface area contributed by atoms with Crippen LogP contribution < -0.4 is 4.74 Å².